The predicted octanol–water partition coefficient (Wildman–Crippen LogP) is 13.4. The molecule has 10 aromatic rings. The van der Waals surface area contributed by atoms with Crippen LogP contribution in [0.1, 0.15) is 5.69 Å². The molecule has 4 heteroatoms. The Labute approximate surface area is 325 Å². The van der Waals surface area contributed by atoms with Gasteiger partial charge in [0.15, 0.2) is 0 Å². The highest BCUT2D eigenvalue weighted by Crippen LogP contribution is 2.38. The van der Waals surface area contributed by atoms with Crippen molar-refractivity contribution in [3.63, 3.8) is 0 Å². The number of aromatic nitrogens is 4. The van der Waals surface area contributed by atoms with E-state index in [9.17, 15) is 0 Å². The van der Waals surface area contributed by atoms with Crippen LogP contribution < -0.4 is 0 Å². The van der Waals surface area contributed by atoms with Gasteiger partial charge in [-0.25, -0.2) is 9.97 Å². The van der Waals surface area contributed by atoms with Crippen LogP contribution in [0.25, 0.3) is 94.3 Å². The summed E-state index contributed by atoms with van der Waals surface area (Å²) in [4.78, 5) is 10.3. The van der Waals surface area contributed by atoms with Gasteiger partial charge in [0.05, 0.1) is 33.5 Å². The van der Waals surface area contributed by atoms with Crippen molar-refractivity contribution in [2.75, 3.05) is 0 Å². The van der Waals surface area contributed by atoms with Gasteiger partial charge in [0.2, 0.25) is 5.95 Å². The normalized spacial score (nSPS) is 11.8. The molecule has 0 saturated carbocycles. The van der Waals surface area contributed by atoms with Crippen molar-refractivity contribution in [2.45, 2.75) is 0 Å². The van der Waals surface area contributed by atoms with E-state index in [-0.39, 0.29) is 0 Å². The first-order valence-corrected chi connectivity index (χ1v) is 18.8. The molecule has 0 radical (unpaired) electrons. The summed E-state index contributed by atoms with van der Waals surface area (Å²) < 4.78 is 4.57. The molecule has 10 rings (SSSR count). The van der Waals surface area contributed by atoms with Crippen LogP contribution in [0, 0.1) is 0 Å². The van der Waals surface area contributed by atoms with E-state index in [2.05, 4.69) is 174 Å². The molecule has 0 saturated heterocycles. The lowest BCUT2D eigenvalue weighted by Gasteiger charge is -2.12. The Morgan fingerprint density at radius 3 is 1.70 bits per heavy atom. The molecule has 0 aliphatic carbocycles. The van der Waals surface area contributed by atoms with Crippen LogP contribution in [-0.4, -0.2) is 19.1 Å². The fourth-order valence-electron chi connectivity index (χ4n) is 8.05. The van der Waals surface area contributed by atoms with Crippen LogP contribution in [0.5, 0.6) is 0 Å². The molecule has 7 aromatic carbocycles. The van der Waals surface area contributed by atoms with Crippen LogP contribution >= 0.6 is 0 Å². The van der Waals surface area contributed by atoms with Crippen LogP contribution in [0.3, 0.4) is 0 Å². The van der Waals surface area contributed by atoms with E-state index in [0.29, 0.717) is 5.95 Å². The van der Waals surface area contributed by atoms with Gasteiger partial charge in [0.1, 0.15) is 0 Å². The minimum absolute atomic E-state index is 0.598. The van der Waals surface area contributed by atoms with E-state index in [4.69, 9.17) is 9.97 Å². The third-order valence-corrected chi connectivity index (χ3v) is 10.7. The fraction of sp³-hybridized carbons (Fsp3) is 0. The average molecular weight is 717 g/mol. The summed E-state index contributed by atoms with van der Waals surface area (Å²) in [5, 5.41) is 4.74. The molecule has 0 unspecified atom stereocenters. The highest BCUT2D eigenvalue weighted by atomic mass is 15.2. The second kappa shape index (κ2) is 13.7. The third kappa shape index (κ3) is 5.55. The SMILES string of the molecule is C=C/C=C(\C=C)c1cc(-c2ccccc2)nc(-n2c3ccccc3c3cc(-c4ccc5c6ccccc6n(-c6ccc(-c7ccccc7)cc6)c5c4)ccc32)n1. The lowest BCUT2D eigenvalue weighted by Crippen LogP contribution is -2.05. The average Bonchev–Trinajstić information content (AvgIpc) is 3.78. The Balaban J connectivity index is 1.14. The summed E-state index contributed by atoms with van der Waals surface area (Å²) in [6.45, 7) is 8.00. The van der Waals surface area contributed by atoms with Crippen molar-refractivity contribution >= 4 is 49.2 Å². The summed E-state index contributed by atoms with van der Waals surface area (Å²) in [7, 11) is 0. The van der Waals surface area contributed by atoms with Crippen LogP contribution in [0.2, 0.25) is 0 Å². The molecular formula is C52H36N4. The lowest BCUT2D eigenvalue weighted by molar-refractivity contribution is 0.983. The van der Waals surface area contributed by atoms with E-state index >= 15 is 0 Å². The lowest BCUT2D eigenvalue weighted by atomic mass is 10.0. The van der Waals surface area contributed by atoms with E-state index in [1.807, 2.05) is 36.4 Å². The molecule has 0 aliphatic rings. The van der Waals surface area contributed by atoms with Gasteiger partial charge < -0.3 is 4.57 Å². The third-order valence-electron chi connectivity index (χ3n) is 10.7. The highest BCUT2D eigenvalue weighted by Gasteiger charge is 2.19. The quantitative estimate of drug-likeness (QED) is 0.147. The molecule has 0 bridgehead atoms. The van der Waals surface area contributed by atoms with Crippen LogP contribution in [0.15, 0.2) is 207 Å². The van der Waals surface area contributed by atoms with Crippen molar-refractivity contribution in [1.82, 2.24) is 19.1 Å². The highest BCUT2D eigenvalue weighted by molar-refractivity contribution is 6.12. The number of para-hydroxylation sites is 2. The predicted molar refractivity (Wildman–Crippen MR) is 235 cm³/mol. The van der Waals surface area contributed by atoms with Gasteiger partial charge in [0.25, 0.3) is 0 Å². The number of rotatable bonds is 8. The smallest absolute Gasteiger partial charge is 0.235 e. The summed E-state index contributed by atoms with van der Waals surface area (Å²) in [5.74, 6) is 0.598. The molecular weight excluding hydrogens is 681 g/mol. The van der Waals surface area contributed by atoms with E-state index in [0.717, 1.165) is 61.1 Å². The second-order valence-electron chi connectivity index (χ2n) is 13.9. The Morgan fingerprint density at radius 2 is 0.982 bits per heavy atom. The minimum Gasteiger partial charge on any atom is -0.309 e. The molecule has 0 fully saturated rings. The number of hydrogen-bond acceptors (Lipinski definition) is 2. The Kier molecular flexibility index (Phi) is 8.08. The summed E-state index contributed by atoms with van der Waals surface area (Å²) >= 11 is 0. The number of allylic oxidation sites excluding steroid dienone is 4. The maximum Gasteiger partial charge on any atom is 0.235 e. The summed E-state index contributed by atoms with van der Waals surface area (Å²) in [5.41, 5.74) is 13.8. The van der Waals surface area contributed by atoms with Crippen molar-refractivity contribution < 1.29 is 0 Å². The largest absolute Gasteiger partial charge is 0.309 e. The molecule has 3 heterocycles. The fourth-order valence-corrected chi connectivity index (χ4v) is 8.05. The topological polar surface area (TPSA) is 35.6 Å². The van der Waals surface area contributed by atoms with Crippen LogP contribution in [-0.2, 0) is 0 Å². The Bertz CT molecular complexity index is 3150. The Morgan fingerprint density at radius 1 is 0.429 bits per heavy atom. The molecule has 0 aliphatic heterocycles. The number of hydrogen-bond donors (Lipinski definition) is 0. The summed E-state index contributed by atoms with van der Waals surface area (Å²) in [6.07, 6.45) is 5.51. The van der Waals surface area contributed by atoms with Crippen molar-refractivity contribution in [3.05, 3.63) is 213 Å². The Hall–Kier alpha value is -7.56. The number of fused-ring (bicyclic) bond motifs is 6. The molecule has 56 heavy (non-hydrogen) atoms. The van der Waals surface area contributed by atoms with Gasteiger partial charge >= 0.3 is 0 Å². The molecule has 0 amide bonds. The first-order chi connectivity index (χ1) is 27.7. The van der Waals surface area contributed by atoms with Crippen molar-refractivity contribution in [3.8, 4) is 45.1 Å². The van der Waals surface area contributed by atoms with Gasteiger partial charge in [-0.15, -0.1) is 0 Å². The van der Waals surface area contributed by atoms with Crippen molar-refractivity contribution in [1.29, 1.82) is 0 Å². The zero-order chi connectivity index (χ0) is 37.6. The zero-order valence-electron chi connectivity index (χ0n) is 30.7. The first-order valence-electron chi connectivity index (χ1n) is 18.8. The van der Waals surface area contributed by atoms with E-state index in [1.165, 1.54) is 32.9 Å². The molecule has 264 valence electrons. The minimum atomic E-state index is 0.598. The molecule has 3 aromatic heterocycles. The molecule has 4 nitrogen and oxygen atoms in total. The summed E-state index contributed by atoms with van der Waals surface area (Å²) in [6, 6.07) is 62.5. The molecule has 0 spiro atoms. The van der Waals surface area contributed by atoms with E-state index in [1.54, 1.807) is 6.08 Å². The van der Waals surface area contributed by atoms with Gasteiger partial charge in [0, 0.05) is 32.8 Å². The number of benzene rings is 7. The van der Waals surface area contributed by atoms with Gasteiger partial charge in [-0.1, -0.05) is 159 Å². The first kappa shape index (κ1) is 33.0. The van der Waals surface area contributed by atoms with Crippen molar-refractivity contribution in [2.24, 2.45) is 0 Å². The zero-order valence-corrected chi connectivity index (χ0v) is 30.7. The maximum absolute atomic E-state index is 5.18. The standard InChI is InChI=1S/C52H36N4/c1-3-15-35(4-2)46-34-47(38-18-9-6-10-19-38)54-52(53-46)56-49-23-14-12-21-43(49)45-32-39(27-31-50(45)56)40-26-30-44-42-20-11-13-22-48(42)55(51(44)33-40)41-28-24-37(25-29-41)36-16-7-5-8-17-36/h3-34H,1-2H2/b35-15+. The monoisotopic (exact) mass is 716 g/mol. The molecule has 0 atom stereocenters. The van der Waals surface area contributed by atoms with Gasteiger partial charge in [-0.3, -0.25) is 4.57 Å². The van der Waals surface area contributed by atoms with Crippen LogP contribution in [0.4, 0.5) is 0 Å². The van der Waals surface area contributed by atoms with E-state index < -0.39 is 0 Å². The maximum atomic E-state index is 5.18. The second-order valence-corrected chi connectivity index (χ2v) is 13.9. The van der Waals surface area contributed by atoms with Gasteiger partial charge in [-0.05, 0) is 76.4 Å². The number of nitrogens with zero attached hydrogens (tertiary/aromatic N) is 4. The molecule has 0 N–H and O–H groups in total. The van der Waals surface area contributed by atoms with Gasteiger partial charge in [-0.2, -0.15) is 0 Å².